The first kappa shape index (κ1) is 8.93. The normalized spacial score (nSPS) is 13.6. The Bertz CT molecular complexity index is 295. The number of rotatable bonds is 2. The molecule has 1 aromatic rings. The summed E-state index contributed by atoms with van der Waals surface area (Å²) >= 11 is 5.64. The Kier molecular flexibility index (Phi) is 2.99. The lowest BCUT2D eigenvalue weighted by Gasteiger charge is -1.94. The molecule has 0 bridgehead atoms. The monoisotopic (exact) mass is 184 g/mol. The van der Waals surface area contributed by atoms with Crippen LogP contribution in [0, 0.1) is 0 Å². The summed E-state index contributed by atoms with van der Waals surface area (Å²) in [5.41, 5.74) is 0.917. The van der Waals surface area contributed by atoms with Crippen molar-refractivity contribution < 1.29 is 0 Å². The van der Waals surface area contributed by atoms with E-state index in [1.807, 2.05) is 19.9 Å². The number of hydrogen-bond donors (Lipinski definition) is 0. The molecule has 64 valence electrons. The standard InChI is InChI=1S/C7H9ClN4/c1-6(8)3-4-7(2)12-5-9-10-11-12/h3-5H,1-2H3/b6-3-,7-4+. The molecule has 0 N–H and O–H groups in total. The summed E-state index contributed by atoms with van der Waals surface area (Å²) in [7, 11) is 0. The van der Waals surface area contributed by atoms with Crippen molar-refractivity contribution in [3.63, 3.8) is 0 Å². The maximum atomic E-state index is 5.64. The zero-order valence-electron chi connectivity index (χ0n) is 6.90. The smallest absolute Gasteiger partial charge is 0.143 e. The molecule has 0 aromatic carbocycles. The zero-order valence-corrected chi connectivity index (χ0v) is 7.65. The van der Waals surface area contributed by atoms with E-state index >= 15 is 0 Å². The highest BCUT2D eigenvalue weighted by Crippen LogP contribution is 2.03. The van der Waals surface area contributed by atoms with Crippen molar-refractivity contribution in [2.45, 2.75) is 13.8 Å². The number of tetrazole rings is 1. The summed E-state index contributed by atoms with van der Waals surface area (Å²) in [5.74, 6) is 0. The Morgan fingerprint density at radius 2 is 2.17 bits per heavy atom. The second-order valence-corrected chi connectivity index (χ2v) is 2.91. The van der Waals surface area contributed by atoms with Crippen molar-refractivity contribution in [1.29, 1.82) is 0 Å². The van der Waals surface area contributed by atoms with Crippen LogP contribution in [0.1, 0.15) is 13.8 Å². The number of halogens is 1. The van der Waals surface area contributed by atoms with Gasteiger partial charge in [-0.3, -0.25) is 0 Å². The van der Waals surface area contributed by atoms with E-state index in [1.165, 1.54) is 6.33 Å². The zero-order chi connectivity index (χ0) is 8.97. The molecule has 1 rings (SSSR count). The molecule has 0 atom stereocenters. The minimum absolute atomic E-state index is 0.724. The van der Waals surface area contributed by atoms with Crippen LogP contribution >= 0.6 is 11.6 Å². The van der Waals surface area contributed by atoms with Gasteiger partial charge in [-0.15, -0.1) is 5.10 Å². The van der Waals surface area contributed by atoms with Crippen LogP contribution in [-0.4, -0.2) is 20.2 Å². The molecule has 0 fully saturated rings. The Morgan fingerprint density at radius 3 is 2.67 bits per heavy atom. The van der Waals surface area contributed by atoms with Gasteiger partial charge in [0.15, 0.2) is 0 Å². The van der Waals surface area contributed by atoms with Gasteiger partial charge in [-0.25, -0.2) is 4.68 Å². The van der Waals surface area contributed by atoms with E-state index in [4.69, 9.17) is 11.6 Å². The first-order chi connectivity index (χ1) is 5.70. The van der Waals surface area contributed by atoms with Gasteiger partial charge in [-0.05, 0) is 36.4 Å². The van der Waals surface area contributed by atoms with Gasteiger partial charge >= 0.3 is 0 Å². The number of nitrogens with zero attached hydrogens (tertiary/aromatic N) is 4. The van der Waals surface area contributed by atoms with E-state index in [2.05, 4.69) is 15.5 Å². The topological polar surface area (TPSA) is 43.6 Å². The predicted octanol–water partition coefficient (Wildman–Crippen LogP) is 1.68. The number of aromatic nitrogens is 4. The first-order valence-corrected chi connectivity index (χ1v) is 3.82. The van der Waals surface area contributed by atoms with Gasteiger partial charge in [-0.1, -0.05) is 11.6 Å². The van der Waals surface area contributed by atoms with Crippen LogP contribution in [0.25, 0.3) is 5.70 Å². The summed E-state index contributed by atoms with van der Waals surface area (Å²) in [4.78, 5) is 0. The third-order valence-electron chi connectivity index (χ3n) is 1.26. The first-order valence-electron chi connectivity index (χ1n) is 3.44. The molecule has 0 unspecified atom stereocenters. The molecule has 4 nitrogen and oxygen atoms in total. The molecule has 0 saturated carbocycles. The second kappa shape index (κ2) is 4.01. The fraction of sp³-hybridized carbons (Fsp3) is 0.286. The lowest BCUT2D eigenvalue weighted by Crippen LogP contribution is -1.93. The van der Waals surface area contributed by atoms with E-state index in [0.29, 0.717) is 0 Å². The van der Waals surface area contributed by atoms with Crippen molar-refractivity contribution in [1.82, 2.24) is 20.2 Å². The molecule has 12 heavy (non-hydrogen) atoms. The third-order valence-corrected chi connectivity index (χ3v) is 1.39. The average Bonchev–Trinajstić information content (AvgIpc) is 2.51. The van der Waals surface area contributed by atoms with Gasteiger partial charge in [0, 0.05) is 10.7 Å². The molecule has 0 spiro atoms. The van der Waals surface area contributed by atoms with Crippen LogP contribution < -0.4 is 0 Å². The Labute approximate surface area is 75.5 Å². The maximum absolute atomic E-state index is 5.64. The van der Waals surface area contributed by atoms with Crippen molar-refractivity contribution in [2.75, 3.05) is 0 Å². The van der Waals surface area contributed by atoms with Gasteiger partial charge in [0.25, 0.3) is 0 Å². The lowest BCUT2D eigenvalue weighted by molar-refractivity contribution is 0.798. The van der Waals surface area contributed by atoms with Gasteiger partial charge in [0.2, 0.25) is 0 Å². The Balaban J connectivity index is 2.78. The van der Waals surface area contributed by atoms with Crippen molar-refractivity contribution in [3.05, 3.63) is 23.5 Å². The van der Waals surface area contributed by atoms with Crippen molar-refractivity contribution in [2.24, 2.45) is 0 Å². The highest BCUT2D eigenvalue weighted by atomic mass is 35.5. The molecule has 0 aliphatic heterocycles. The van der Waals surface area contributed by atoms with E-state index < -0.39 is 0 Å². The second-order valence-electron chi connectivity index (χ2n) is 2.32. The SMILES string of the molecule is C/C(Cl)=C/C=C(\C)n1cnnn1. The summed E-state index contributed by atoms with van der Waals surface area (Å²) in [6.07, 6.45) is 5.17. The van der Waals surface area contributed by atoms with Gasteiger partial charge in [-0.2, -0.15) is 0 Å². The molecule has 0 radical (unpaired) electrons. The van der Waals surface area contributed by atoms with Gasteiger partial charge in [0.05, 0.1) is 0 Å². The number of hydrogen-bond acceptors (Lipinski definition) is 3. The third kappa shape index (κ3) is 2.47. The summed E-state index contributed by atoms with van der Waals surface area (Å²) in [6.45, 7) is 3.71. The molecule has 0 aliphatic rings. The molecule has 0 saturated heterocycles. The lowest BCUT2D eigenvalue weighted by atomic mass is 10.4. The van der Waals surface area contributed by atoms with Gasteiger partial charge in [0.1, 0.15) is 6.33 Å². The van der Waals surface area contributed by atoms with Crippen LogP contribution in [-0.2, 0) is 0 Å². The van der Waals surface area contributed by atoms with E-state index in [0.717, 1.165) is 10.7 Å². The highest BCUT2D eigenvalue weighted by molar-refractivity contribution is 6.29. The van der Waals surface area contributed by atoms with Gasteiger partial charge < -0.3 is 0 Å². The predicted molar refractivity (Wildman–Crippen MR) is 47.4 cm³/mol. The van der Waals surface area contributed by atoms with Crippen LogP contribution in [0.5, 0.6) is 0 Å². The quantitative estimate of drug-likeness (QED) is 0.657. The Hall–Kier alpha value is -1.16. The molecule has 1 aromatic heterocycles. The highest BCUT2D eigenvalue weighted by Gasteiger charge is 1.91. The summed E-state index contributed by atoms with van der Waals surface area (Å²) in [5, 5.41) is 11.5. The van der Waals surface area contributed by atoms with E-state index in [-0.39, 0.29) is 0 Å². The van der Waals surface area contributed by atoms with E-state index in [1.54, 1.807) is 10.8 Å². The molecule has 5 heteroatoms. The minimum atomic E-state index is 0.724. The molecular weight excluding hydrogens is 176 g/mol. The fourth-order valence-electron chi connectivity index (χ4n) is 0.635. The minimum Gasteiger partial charge on any atom is -0.205 e. The molecular formula is C7H9ClN4. The van der Waals surface area contributed by atoms with E-state index in [9.17, 15) is 0 Å². The van der Waals surface area contributed by atoms with Crippen molar-refractivity contribution in [3.8, 4) is 0 Å². The largest absolute Gasteiger partial charge is 0.205 e. The fourth-order valence-corrected chi connectivity index (χ4v) is 0.698. The van der Waals surface area contributed by atoms with Crippen molar-refractivity contribution >= 4 is 17.3 Å². The van der Waals surface area contributed by atoms with Crippen LogP contribution in [0.3, 0.4) is 0 Å². The van der Waals surface area contributed by atoms with Crippen LogP contribution in [0.15, 0.2) is 23.5 Å². The summed E-state index contributed by atoms with van der Waals surface area (Å²) in [6, 6.07) is 0. The summed E-state index contributed by atoms with van der Waals surface area (Å²) < 4.78 is 1.57. The van der Waals surface area contributed by atoms with Crippen LogP contribution in [0.2, 0.25) is 0 Å². The number of allylic oxidation sites excluding steroid dienone is 4. The molecule has 0 amide bonds. The Morgan fingerprint density at radius 1 is 1.42 bits per heavy atom. The maximum Gasteiger partial charge on any atom is 0.143 e. The molecule has 0 aliphatic carbocycles. The van der Waals surface area contributed by atoms with Crippen LogP contribution in [0.4, 0.5) is 0 Å². The molecule has 1 heterocycles. The average molecular weight is 185 g/mol.